The van der Waals surface area contributed by atoms with Crippen LogP contribution in [-0.4, -0.2) is 32.1 Å². The second-order valence-electron chi connectivity index (χ2n) is 3.29. The molecule has 4 nitrogen and oxygen atoms in total. The molecular formula is C13H18O4. The van der Waals surface area contributed by atoms with Crippen molar-refractivity contribution in [1.82, 2.24) is 0 Å². The van der Waals surface area contributed by atoms with Crippen LogP contribution in [0.1, 0.15) is 13.3 Å². The first-order valence-electron chi connectivity index (χ1n) is 5.24. The maximum absolute atomic E-state index is 11.1. The first-order valence-corrected chi connectivity index (χ1v) is 5.24. The molecule has 0 N–H and O–H groups in total. The van der Waals surface area contributed by atoms with Gasteiger partial charge in [0.25, 0.3) is 0 Å². The molecule has 0 spiro atoms. The van der Waals surface area contributed by atoms with Crippen LogP contribution >= 0.6 is 0 Å². The van der Waals surface area contributed by atoms with Gasteiger partial charge in [-0.15, -0.1) is 0 Å². The molecule has 1 atom stereocenters. The van der Waals surface area contributed by atoms with Crippen LogP contribution < -0.4 is 0 Å². The van der Waals surface area contributed by atoms with Crippen molar-refractivity contribution in [1.29, 1.82) is 0 Å². The van der Waals surface area contributed by atoms with Gasteiger partial charge in [0.1, 0.15) is 6.42 Å². The summed E-state index contributed by atoms with van der Waals surface area (Å²) in [5.41, 5.74) is 0. The molecule has 0 aliphatic carbocycles. The van der Waals surface area contributed by atoms with E-state index in [0.717, 1.165) is 0 Å². The molecule has 17 heavy (non-hydrogen) atoms. The molecule has 94 valence electrons. The molecule has 0 aromatic heterocycles. The van der Waals surface area contributed by atoms with E-state index in [0.29, 0.717) is 0 Å². The topological polar surface area (TPSA) is 52.6 Å². The predicted molar refractivity (Wildman–Crippen MR) is 65.5 cm³/mol. The van der Waals surface area contributed by atoms with Gasteiger partial charge in [-0.25, -0.2) is 0 Å². The maximum Gasteiger partial charge on any atom is 0.313 e. The predicted octanol–water partition coefficient (Wildman–Crippen LogP) is 1.82. The van der Waals surface area contributed by atoms with E-state index in [-0.39, 0.29) is 18.3 Å². The maximum atomic E-state index is 11.1. The Morgan fingerprint density at radius 2 is 1.76 bits per heavy atom. The van der Waals surface area contributed by atoms with Gasteiger partial charge in [-0.2, -0.15) is 0 Å². The van der Waals surface area contributed by atoms with E-state index in [2.05, 4.69) is 4.74 Å². The van der Waals surface area contributed by atoms with E-state index < -0.39 is 5.97 Å². The number of allylic oxidation sites excluding steroid dienone is 5. The third-order valence-electron chi connectivity index (χ3n) is 1.92. The third kappa shape index (κ3) is 9.26. The first kappa shape index (κ1) is 15.3. The zero-order valence-electron chi connectivity index (χ0n) is 10.4. The van der Waals surface area contributed by atoms with Crippen molar-refractivity contribution < 1.29 is 19.1 Å². The summed E-state index contributed by atoms with van der Waals surface area (Å²) in [5.74, 6) is -0.812. The van der Waals surface area contributed by atoms with E-state index in [4.69, 9.17) is 4.74 Å². The summed E-state index contributed by atoms with van der Waals surface area (Å²) >= 11 is 0. The van der Waals surface area contributed by atoms with Gasteiger partial charge >= 0.3 is 5.97 Å². The van der Waals surface area contributed by atoms with Crippen LogP contribution in [0.4, 0.5) is 0 Å². The molecule has 1 unspecified atom stereocenters. The Kier molecular flexibility index (Phi) is 8.60. The van der Waals surface area contributed by atoms with Crippen LogP contribution in [0.2, 0.25) is 0 Å². The van der Waals surface area contributed by atoms with Gasteiger partial charge in [0.05, 0.1) is 13.2 Å². The highest BCUT2D eigenvalue weighted by Crippen LogP contribution is 1.92. The van der Waals surface area contributed by atoms with E-state index in [1.807, 2.05) is 19.1 Å². The molecule has 0 aliphatic heterocycles. The minimum Gasteiger partial charge on any atom is -0.469 e. The zero-order valence-corrected chi connectivity index (χ0v) is 10.4. The highest BCUT2D eigenvalue weighted by atomic mass is 16.5. The van der Waals surface area contributed by atoms with Crippen molar-refractivity contribution in [2.45, 2.75) is 19.4 Å². The molecule has 0 saturated carbocycles. The molecule has 0 aromatic carbocycles. The SMILES string of the molecule is COC(=O)CC(=O)C=CC=CC=CC(C)OC. The minimum atomic E-state index is -0.530. The number of hydrogen-bond donors (Lipinski definition) is 0. The average Bonchev–Trinajstić information content (AvgIpc) is 2.32. The highest BCUT2D eigenvalue weighted by Gasteiger charge is 2.04. The molecule has 0 radical (unpaired) electrons. The monoisotopic (exact) mass is 238 g/mol. The lowest BCUT2D eigenvalue weighted by atomic mass is 10.2. The average molecular weight is 238 g/mol. The van der Waals surface area contributed by atoms with Gasteiger partial charge in [0.2, 0.25) is 0 Å². The largest absolute Gasteiger partial charge is 0.469 e. The van der Waals surface area contributed by atoms with E-state index in [9.17, 15) is 9.59 Å². The molecule has 0 rings (SSSR count). The van der Waals surface area contributed by atoms with Gasteiger partial charge < -0.3 is 9.47 Å². The Labute approximate surface area is 102 Å². The summed E-state index contributed by atoms with van der Waals surface area (Å²) in [6.07, 6.45) is 9.92. The summed E-state index contributed by atoms with van der Waals surface area (Å²) in [6, 6.07) is 0. The fourth-order valence-corrected chi connectivity index (χ4v) is 0.864. The normalized spacial score (nSPS) is 13.6. The highest BCUT2D eigenvalue weighted by molar-refractivity contribution is 6.01. The van der Waals surface area contributed by atoms with Gasteiger partial charge in [-0.1, -0.05) is 30.4 Å². The fourth-order valence-electron chi connectivity index (χ4n) is 0.864. The van der Waals surface area contributed by atoms with Crippen molar-refractivity contribution in [3.05, 3.63) is 36.5 Å². The molecule has 0 amide bonds. The number of esters is 1. The number of carbonyl (C=O) groups is 2. The van der Waals surface area contributed by atoms with Crippen molar-refractivity contribution in [2.24, 2.45) is 0 Å². The van der Waals surface area contributed by atoms with Crippen LogP contribution in [-0.2, 0) is 19.1 Å². The Balaban J connectivity index is 3.94. The number of rotatable bonds is 7. The molecule has 0 heterocycles. The lowest BCUT2D eigenvalue weighted by Crippen LogP contribution is -2.06. The zero-order chi connectivity index (χ0) is 13.1. The number of methoxy groups -OCH3 is 2. The van der Waals surface area contributed by atoms with Crippen molar-refractivity contribution in [2.75, 3.05) is 14.2 Å². The van der Waals surface area contributed by atoms with Crippen LogP contribution in [0.5, 0.6) is 0 Å². The molecule has 0 aromatic rings. The van der Waals surface area contributed by atoms with Gasteiger partial charge in [0.15, 0.2) is 5.78 Å². The fraction of sp³-hybridized carbons (Fsp3) is 0.385. The summed E-state index contributed by atoms with van der Waals surface area (Å²) in [7, 11) is 2.88. The first-order chi connectivity index (χ1) is 8.10. The summed E-state index contributed by atoms with van der Waals surface area (Å²) < 4.78 is 9.37. The Hall–Kier alpha value is -1.68. The molecule has 0 bridgehead atoms. The number of ether oxygens (including phenoxy) is 2. The Bertz CT molecular complexity index is 326. The molecular weight excluding hydrogens is 220 g/mol. The molecule has 4 heteroatoms. The van der Waals surface area contributed by atoms with E-state index >= 15 is 0 Å². The molecule has 0 aliphatic rings. The van der Waals surface area contributed by atoms with Crippen molar-refractivity contribution in [3.63, 3.8) is 0 Å². The van der Waals surface area contributed by atoms with E-state index in [1.165, 1.54) is 13.2 Å². The number of carbonyl (C=O) groups excluding carboxylic acids is 2. The lowest BCUT2D eigenvalue weighted by molar-refractivity contribution is -0.142. The summed E-state index contributed by atoms with van der Waals surface area (Å²) in [5, 5.41) is 0. The van der Waals surface area contributed by atoms with Gasteiger partial charge in [-0.3, -0.25) is 9.59 Å². The quantitative estimate of drug-likeness (QED) is 0.294. The second-order valence-corrected chi connectivity index (χ2v) is 3.29. The summed E-state index contributed by atoms with van der Waals surface area (Å²) in [4.78, 5) is 21.9. The van der Waals surface area contributed by atoms with Gasteiger partial charge in [-0.05, 0) is 13.0 Å². The van der Waals surface area contributed by atoms with Crippen molar-refractivity contribution >= 4 is 11.8 Å². The van der Waals surface area contributed by atoms with Crippen molar-refractivity contribution in [3.8, 4) is 0 Å². The Morgan fingerprint density at radius 1 is 1.12 bits per heavy atom. The van der Waals surface area contributed by atoms with Gasteiger partial charge in [0, 0.05) is 7.11 Å². The second kappa shape index (κ2) is 9.54. The van der Waals surface area contributed by atoms with Crippen LogP contribution in [0.3, 0.4) is 0 Å². The smallest absolute Gasteiger partial charge is 0.313 e. The third-order valence-corrected chi connectivity index (χ3v) is 1.92. The molecule has 0 fully saturated rings. The van der Waals surface area contributed by atoms with Crippen LogP contribution in [0.25, 0.3) is 0 Å². The van der Waals surface area contributed by atoms with E-state index in [1.54, 1.807) is 25.3 Å². The number of hydrogen-bond acceptors (Lipinski definition) is 4. The van der Waals surface area contributed by atoms with Crippen LogP contribution in [0.15, 0.2) is 36.5 Å². The lowest BCUT2D eigenvalue weighted by Gasteiger charge is -1.99. The van der Waals surface area contributed by atoms with Crippen LogP contribution in [0, 0.1) is 0 Å². The number of ketones is 1. The molecule has 0 saturated heterocycles. The minimum absolute atomic E-state index is 0.0598. The summed E-state index contributed by atoms with van der Waals surface area (Å²) in [6.45, 7) is 1.92. The Morgan fingerprint density at radius 3 is 2.35 bits per heavy atom. The standard InChI is InChI=1S/C13H18O4/c1-11(16-2)8-6-4-5-7-9-12(14)10-13(15)17-3/h4-9,11H,10H2,1-3H3.